The molecule has 1 spiro atoms. The molecule has 0 aromatic heterocycles. The maximum atomic E-state index is 10.8. The van der Waals surface area contributed by atoms with E-state index in [0.29, 0.717) is 0 Å². The predicted molar refractivity (Wildman–Crippen MR) is 40.1 cm³/mol. The molecule has 2 rings (SSSR count). The van der Waals surface area contributed by atoms with Crippen LogP contribution in [0.5, 0.6) is 0 Å². The summed E-state index contributed by atoms with van der Waals surface area (Å²) in [7, 11) is 0. The van der Waals surface area contributed by atoms with E-state index in [4.69, 9.17) is 0 Å². The van der Waals surface area contributed by atoms with Gasteiger partial charge < -0.3 is 18.6 Å². The van der Waals surface area contributed by atoms with E-state index in [9.17, 15) is 28.8 Å². The molecule has 0 saturated carbocycles. The number of rotatable bonds is 0. The van der Waals surface area contributed by atoms with E-state index in [1.165, 1.54) is 0 Å². The van der Waals surface area contributed by atoms with Crippen molar-refractivity contribution in [3.05, 3.63) is 0 Å². The predicted octanol–water partition coefficient (Wildman–Crippen LogP) is -3.24. The van der Waals surface area contributed by atoms with Crippen LogP contribution in [0.2, 0.25) is 0 Å². The molecule has 0 aliphatic carbocycles. The van der Waals surface area contributed by atoms with Crippen molar-refractivity contribution in [1.29, 1.82) is 0 Å². The monoisotopic (exact) mass is 243 g/mol. The third kappa shape index (κ3) is 1.53. The molecule has 2 aliphatic heterocycles. The Morgan fingerprint density at radius 3 is 1.00 bits per heavy atom. The van der Waals surface area contributed by atoms with Crippen LogP contribution in [0.15, 0.2) is 0 Å². The zero-order valence-electron chi connectivity index (χ0n) is 7.66. The van der Waals surface area contributed by atoms with Crippen molar-refractivity contribution in [2.45, 2.75) is 0 Å². The van der Waals surface area contributed by atoms with Crippen LogP contribution in [-0.4, -0.2) is 42.4 Å². The molecule has 0 bridgehead atoms. The van der Waals surface area contributed by atoms with Gasteiger partial charge in [0.25, 0.3) is 0 Å². The first-order chi connectivity index (χ1) is 7.84. The molecule has 0 N–H and O–H groups in total. The number of hydrogen-bond donors (Lipinski definition) is 0. The molecule has 11 heteroatoms. The first-order valence-electron chi connectivity index (χ1n) is 3.98. The molecule has 2 saturated heterocycles. The number of carbonyl (C=O) groups excluding carboxylic acids is 6. The summed E-state index contributed by atoms with van der Waals surface area (Å²) in [5.74, 6) is -10.2. The third-order valence-corrected chi connectivity index (χ3v) is 1.75. The van der Waals surface area contributed by atoms with E-state index in [1.54, 1.807) is 0 Å². The van der Waals surface area contributed by atoms with Crippen molar-refractivity contribution >= 4 is 42.4 Å². The fourth-order valence-corrected chi connectivity index (χ4v) is 1.05. The van der Waals surface area contributed by atoms with Crippen molar-refractivity contribution in [1.82, 2.24) is 0 Å². The third-order valence-electron chi connectivity index (χ3n) is 1.75. The zero-order valence-corrected chi connectivity index (χ0v) is 7.66. The second kappa shape index (κ2) is 3.14. The Morgan fingerprint density at radius 1 is 0.529 bits per heavy atom. The first-order valence-corrected chi connectivity index (χ1v) is 3.98. The van der Waals surface area contributed by atoms with Crippen molar-refractivity contribution < 1.29 is 47.4 Å². The van der Waals surface area contributed by atoms with Gasteiger partial charge in [0.15, 0.2) is 0 Å². The van der Waals surface area contributed by atoms with Crippen molar-refractivity contribution in [2.75, 3.05) is 0 Å². The Balaban J connectivity index is 2.32. The lowest BCUT2D eigenvalue weighted by Gasteiger charge is -2.41. The molecule has 2 fully saturated rings. The van der Waals surface area contributed by atoms with E-state index in [1.807, 2.05) is 0 Å². The average molecular weight is 243 g/mol. The number of carbonyl (C=O) groups is 6. The van der Waals surface area contributed by atoms with E-state index in [0.717, 1.165) is 0 Å². The molecule has 0 atom stereocenters. The largest absolute Gasteiger partial charge is 0.785 e. The minimum atomic E-state index is -3.86. The van der Waals surface area contributed by atoms with Gasteiger partial charge in [-0.2, -0.15) is 0 Å². The van der Waals surface area contributed by atoms with Crippen LogP contribution in [0.25, 0.3) is 0 Å². The van der Waals surface area contributed by atoms with E-state index < -0.39 is 42.4 Å². The van der Waals surface area contributed by atoms with Gasteiger partial charge >= 0.3 is 42.4 Å². The maximum Gasteiger partial charge on any atom is 0.785 e. The van der Waals surface area contributed by atoms with Crippen LogP contribution >= 0.6 is 0 Å². The van der Waals surface area contributed by atoms with Crippen LogP contribution in [0.4, 0.5) is 0 Å². The average Bonchev–Trinajstić information content (AvgIpc) is 2.22. The van der Waals surface area contributed by atoms with Gasteiger partial charge in [-0.25, -0.2) is 19.2 Å². The fraction of sp³-hybridized carbons (Fsp3) is 0. The summed E-state index contributed by atoms with van der Waals surface area (Å²) in [6, 6.07) is 0. The molecule has 0 aromatic carbocycles. The lowest BCUT2D eigenvalue weighted by Crippen LogP contribution is -2.64. The van der Waals surface area contributed by atoms with Gasteiger partial charge in [0.05, 0.1) is 0 Å². The SMILES string of the molecule is O=C1O[B-]2(OC(=O)C1=O)OC(=O)C(=O)C(=O)O2. The second-order valence-electron chi connectivity index (χ2n) is 2.86. The Labute approximate surface area is 90.8 Å². The highest BCUT2D eigenvalue weighted by molar-refractivity contribution is 6.80. The summed E-state index contributed by atoms with van der Waals surface area (Å²) < 4.78 is 16.3. The first kappa shape index (κ1) is 10.8. The summed E-state index contributed by atoms with van der Waals surface area (Å²) in [6.45, 7) is -3.86. The van der Waals surface area contributed by atoms with Gasteiger partial charge in [-0.15, -0.1) is 0 Å². The van der Waals surface area contributed by atoms with Gasteiger partial charge in [0.2, 0.25) is 0 Å². The van der Waals surface area contributed by atoms with Gasteiger partial charge in [-0.05, 0) is 0 Å². The summed E-state index contributed by atoms with van der Waals surface area (Å²) in [4.78, 5) is 64.8. The second-order valence-corrected chi connectivity index (χ2v) is 2.86. The molecule has 0 aromatic rings. The van der Waals surface area contributed by atoms with E-state index in [-0.39, 0.29) is 0 Å². The maximum absolute atomic E-state index is 10.8. The summed E-state index contributed by atoms with van der Waals surface area (Å²) >= 11 is 0. The van der Waals surface area contributed by atoms with Crippen LogP contribution in [-0.2, 0) is 47.4 Å². The Kier molecular flexibility index (Phi) is 1.99. The number of Topliss-reactive ketones (excluding diaryl/α,β-unsaturated/α-hetero) is 2. The highest BCUT2D eigenvalue weighted by atomic mass is 16.9. The highest BCUT2D eigenvalue weighted by Crippen LogP contribution is 2.21. The molecule has 2 aliphatic rings. The Morgan fingerprint density at radius 2 is 0.765 bits per heavy atom. The minimum absolute atomic E-state index is 1.67. The molecule has 88 valence electrons. The number of hydrogen-bond acceptors (Lipinski definition) is 10. The molecule has 0 unspecified atom stereocenters. The zero-order chi connectivity index (χ0) is 12.8. The summed E-state index contributed by atoms with van der Waals surface area (Å²) in [5.41, 5.74) is 0. The van der Waals surface area contributed by atoms with Crippen molar-refractivity contribution in [2.24, 2.45) is 0 Å². The Hall–Kier alpha value is -2.72. The van der Waals surface area contributed by atoms with Crippen LogP contribution in [0, 0.1) is 0 Å². The van der Waals surface area contributed by atoms with Gasteiger partial charge in [-0.1, -0.05) is 0 Å². The van der Waals surface area contributed by atoms with Crippen molar-refractivity contribution in [3.63, 3.8) is 0 Å². The molecule has 0 amide bonds. The van der Waals surface area contributed by atoms with Gasteiger partial charge in [0.1, 0.15) is 0 Å². The molecule has 10 nitrogen and oxygen atoms in total. The van der Waals surface area contributed by atoms with Crippen LogP contribution in [0.1, 0.15) is 0 Å². The Bertz CT molecular complexity index is 413. The molecular formula is C6BO10-. The standard InChI is InChI=1S/C6BO10/c8-1-3(10)14-7(15-4(1)11)16-5(12)2(9)6(13)17-7/q-1. The van der Waals surface area contributed by atoms with Crippen LogP contribution < -0.4 is 0 Å². The number of ketones is 2. The lowest BCUT2D eigenvalue weighted by molar-refractivity contribution is -0.183. The molecule has 0 radical (unpaired) electrons. The smallest absolute Gasteiger partial charge is 0.578 e. The summed E-state index contributed by atoms with van der Waals surface area (Å²) in [5, 5.41) is 0. The van der Waals surface area contributed by atoms with E-state index in [2.05, 4.69) is 18.6 Å². The highest BCUT2D eigenvalue weighted by Gasteiger charge is 2.59. The lowest BCUT2D eigenvalue weighted by atomic mass is 10.00. The topological polar surface area (TPSA) is 139 Å². The minimum Gasteiger partial charge on any atom is -0.578 e. The van der Waals surface area contributed by atoms with Gasteiger partial charge in [0, 0.05) is 0 Å². The fourth-order valence-electron chi connectivity index (χ4n) is 1.05. The van der Waals surface area contributed by atoms with Crippen molar-refractivity contribution in [3.8, 4) is 0 Å². The summed E-state index contributed by atoms with van der Waals surface area (Å²) in [6.07, 6.45) is 0. The van der Waals surface area contributed by atoms with E-state index >= 15 is 0 Å². The normalized spacial score (nSPS) is 22.8. The van der Waals surface area contributed by atoms with Gasteiger partial charge in [-0.3, -0.25) is 9.59 Å². The molecular weight excluding hydrogens is 243 g/mol. The quantitative estimate of drug-likeness (QED) is 0.314. The molecule has 2 heterocycles. The molecule has 17 heavy (non-hydrogen) atoms. The van der Waals surface area contributed by atoms with Crippen LogP contribution in [0.3, 0.4) is 0 Å².